The molecule has 4 heteroatoms. The normalized spacial score (nSPS) is 17.3. The smallest absolute Gasteiger partial charge is 0.233 e. The molecule has 0 bridgehead atoms. The number of hydrogen-bond acceptors (Lipinski definition) is 3. The van der Waals surface area contributed by atoms with E-state index in [9.17, 15) is 4.79 Å². The number of thioether (sulfide) groups is 1. The van der Waals surface area contributed by atoms with Crippen molar-refractivity contribution in [3.05, 3.63) is 60.2 Å². The van der Waals surface area contributed by atoms with Gasteiger partial charge in [0.15, 0.2) is 0 Å². The Morgan fingerprint density at radius 2 is 2.04 bits per heavy atom. The summed E-state index contributed by atoms with van der Waals surface area (Å²) in [4.78, 5) is 15.8. The number of ether oxygens (including phenoxy) is 1. The highest BCUT2D eigenvalue weighted by atomic mass is 32.2. The highest BCUT2D eigenvalue weighted by molar-refractivity contribution is 8.00. The van der Waals surface area contributed by atoms with E-state index in [4.69, 9.17) is 4.74 Å². The monoisotopic (exact) mass is 327 g/mol. The average molecular weight is 327 g/mol. The molecule has 0 N–H and O–H groups in total. The molecule has 1 amide bonds. The van der Waals surface area contributed by atoms with Gasteiger partial charge in [-0.3, -0.25) is 4.79 Å². The largest absolute Gasteiger partial charge is 0.497 e. The summed E-state index contributed by atoms with van der Waals surface area (Å²) in [5, 5.41) is 0. The summed E-state index contributed by atoms with van der Waals surface area (Å²) in [5.74, 6) is 1.55. The molecule has 23 heavy (non-hydrogen) atoms. The topological polar surface area (TPSA) is 29.5 Å². The zero-order valence-corrected chi connectivity index (χ0v) is 14.1. The lowest BCUT2D eigenvalue weighted by Crippen LogP contribution is -2.31. The Hall–Kier alpha value is -1.94. The molecule has 1 aliphatic heterocycles. The van der Waals surface area contributed by atoms with E-state index in [1.807, 2.05) is 53.4 Å². The zero-order valence-electron chi connectivity index (χ0n) is 13.3. The third kappa shape index (κ3) is 3.88. The van der Waals surface area contributed by atoms with Gasteiger partial charge in [0.05, 0.1) is 18.9 Å². The lowest BCUT2D eigenvalue weighted by molar-refractivity contribution is -0.129. The third-order valence-corrected chi connectivity index (χ3v) is 5.15. The molecule has 2 aromatic rings. The Bertz CT molecular complexity index is 659. The zero-order chi connectivity index (χ0) is 16.1. The molecule has 1 aliphatic rings. The van der Waals surface area contributed by atoms with Gasteiger partial charge in [-0.15, -0.1) is 11.8 Å². The van der Waals surface area contributed by atoms with Crippen LogP contribution in [0.5, 0.6) is 5.75 Å². The van der Waals surface area contributed by atoms with Crippen molar-refractivity contribution < 1.29 is 9.53 Å². The second-order valence-corrected chi connectivity index (χ2v) is 6.67. The Morgan fingerprint density at radius 3 is 2.83 bits per heavy atom. The molecule has 0 aromatic heterocycles. The predicted molar refractivity (Wildman–Crippen MR) is 93.8 cm³/mol. The molecule has 1 saturated heterocycles. The highest BCUT2D eigenvalue weighted by Gasteiger charge is 2.29. The van der Waals surface area contributed by atoms with Crippen LogP contribution < -0.4 is 4.74 Å². The van der Waals surface area contributed by atoms with Crippen molar-refractivity contribution in [3.8, 4) is 5.75 Å². The number of amides is 1. The maximum atomic E-state index is 12.6. The van der Waals surface area contributed by atoms with E-state index in [-0.39, 0.29) is 11.9 Å². The van der Waals surface area contributed by atoms with Crippen LogP contribution in [0.4, 0.5) is 0 Å². The molecule has 0 radical (unpaired) electrons. The van der Waals surface area contributed by atoms with E-state index in [0.717, 1.165) is 30.0 Å². The van der Waals surface area contributed by atoms with Gasteiger partial charge in [-0.25, -0.2) is 0 Å². The fourth-order valence-electron chi connectivity index (χ4n) is 3.01. The van der Waals surface area contributed by atoms with Crippen LogP contribution in [0.15, 0.2) is 59.5 Å². The van der Waals surface area contributed by atoms with Crippen molar-refractivity contribution in [1.82, 2.24) is 4.90 Å². The van der Waals surface area contributed by atoms with E-state index < -0.39 is 0 Å². The van der Waals surface area contributed by atoms with Crippen molar-refractivity contribution in [1.29, 1.82) is 0 Å². The first-order valence-electron chi connectivity index (χ1n) is 7.89. The molecule has 0 aliphatic carbocycles. The summed E-state index contributed by atoms with van der Waals surface area (Å²) in [7, 11) is 1.67. The molecule has 1 heterocycles. The summed E-state index contributed by atoms with van der Waals surface area (Å²) < 4.78 is 5.31. The Morgan fingerprint density at radius 1 is 1.22 bits per heavy atom. The predicted octanol–water partition coefficient (Wildman–Crippen LogP) is 4.15. The van der Waals surface area contributed by atoms with Gasteiger partial charge < -0.3 is 9.64 Å². The molecule has 1 fully saturated rings. The van der Waals surface area contributed by atoms with Crippen molar-refractivity contribution in [2.24, 2.45) is 0 Å². The van der Waals surface area contributed by atoms with E-state index >= 15 is 0 Å². The standard InChI is InChI=1S/C19H21NO2S/c1-22-16-8-5-7-15(13-16)18-11-6-12-20(18)19(21)14-23-17-9-3-2-4-10-17/h2-5,7-10,13,18H,6,11-12,14H2,1H3. The van der Waals surface area contributed by atoms with E-state index in [1.165, 1.54) is 5.56 Å². The van der Waals surface area contributed by atoms with Crippen molar-refractivity contribution in [3.63, 3.8) is 0 Å². The Balaban J connectivity index is 1.67. The number of likely N-dealkylation sites (tertiary alicyclic amines) is 1. The lowest BCUT2D eigenvalue weighted by Gasteiger charge is -2.25. The van der Waals surface area contributed by atoms with Crippen LogP contribution >= 0.6 is 11.8 Å². The van der Waals surface area contributed by atoms with E-state index in [0.29, 0.717) is 5.75 Å². The highest BCUT2D eigenvalue weighted by Crippen LogP contribution is 2.34. The van der Waals surface area contributed by atoms with Gasteiger partial charge in [0.25, 0.3) is 0 Å². The fourth-order valence-corrected chi connectivity index (χ4v) is 3.81. The van der Waals surface area contributed by atoms with Crippen molar-refractivity contribution in [2.45, 2.75) is 23.8 Å². The summed E-state index contributed by atoms with van der Waals surface area (Å²) in [6.07, 6.45) is 2.08. The van der Waals surface area contributed by atoms with Crippen molar-refractivity contribution in [2.75, 3.05) is 19.4 Å². The van der Waals surface area contributed by atoms with Crippen LogP contribution in [0.2, 0.25) is 0 Å². The number of hydrogen-bond donors (Lipinski definition) is 0. The number of rotatable bonds is 5. The van der Waals surface area contributed by atoms with Gasteiger partial charge in [-0.2, -0.15) is 0 Å². The molecule has 0 saturated carbocycles. The molecule has 3 nitrogen and oxygen atoms in total. The molecule has 2 aromatic carbocycles. The number of carbonyl (C=O) groups is 1. The van der Waals surface area contributed by atoms with Crippen LogP contribution in [-0.4, -0.2) is 30.2 Å². The minimum atomic E-state index is 0.175. The van der Waals surface area contributed by atoms with E-state index in [2.05, 4.69) is 6.07 Å². The Labute approximate surface area is 141 Å². The maximum Gasteiger partial charge on any atom is 0.233 e. The first-order valence-corrected chi connectivity index (χ1v) is 8.88. The van der Waals surface area contributed by atoms with Crippen LogP contribution in [0.25, 0.3) is 0 Å². The molecular weight excluding hydrogens is 306 g/mol. The molecule has 3 rings (SSSR count). The van der Waals surface area contributed by atoms with Crippen LogP contribution in [-0.2, 0) is 4.79 Å². The Kier molecular flexibility index (Phi) is 5.23. The molecule has 120 valence electrons. The second-order valence-electron chi connectivity index (χ2n) is 5.62. The number of carbonyl (C=O) groups excluding carboxylic acids is 1. The van der Waals surface area contributed by atoms with Gasteiger partial charge in [-0.05, 0) is 42.7 Å². The second kappa shape index (κ2) is 7.55. The molecule has 1 unspecified atom stereocenters. The van der Waals surface area contributed by atoms with Gasteiger partial charge >= 0.3 is 0 Å². The summed E-state index contributed by atoms with van der Waals surface area (Å²) in [5.41, 5.74) is 1.17. The van der Waals surface area contributed by atoms with Gasteiger partial charge in [0, 0.05) is 11.4 Å². The van der Waals surface area contributed by atoms with Crippen LogP contribution in [0.3, 0.4) is 0 Å². The fraction of sp³-hybridized carbons (Fsp3) is 0.316. The summed E-state index contributed by atoms with van der Waals surface area (Å²) in [6.45, 7) is 0.843. The van der Waals surface area contributed by atoms with Crippen LogP contribution in [0.1, 0.15) is 24.4 Å². The molecular formula is C19H21NO2S. The number of nitrogens with zero attached hydrogens (tertiary/aromatic N) is 1. The van der Waals surface area contributed by atoms with Crippen molar-refractivity contribution >= 4 is 17.7 Å². The van der Waals surface area contributed by atoms with Gasteiger partial charge in [0.2, 0.25) is 5.91 Å². The minimum Gasteiger partial charge on any atom is -0.497 e. The van der Waals surface area contributed by atoms with E-state index in [1.54, 1.807) is 18.9 Å². The number of methoxy groups -OCH3 is 1. The van der Waals surface area contributed by atoms with Gasteiger partial charge in [0.1, 0.15) is 5.75 Å². The first kappa shape index (κ1) is 15.9. The quantitative estimate of drug-likeness (QED) is 0.773. The first-order chi connectivity index (χ1) is 11.3. The summed E-state index contributed by atoms with van der Waals surface area (Å²) >= 11 is 1.60. The summed E-state index contributed by atoms with van der Waals surface area (Å²) in [6, 6.07) is 18.3. The molecule has 0 spiro atoms. The number of benzene rings is 2. The van der Waals surface area contributed by atoms with Crippen LogP contribution in [0, 0.1) is 0 Å². The lowest BCUT2D eigenvalue weighted by atomic mass is 10.0. The third-order valence-electron chi connectivity index (χ3n) is 4.16. The van der Waals surface area contributed by atoms with Gasteiger partial charge in [-0.1, -0.05) is 30.3 Å². The molecule has 1 atom stereocenters. The maximum absolute atomic E-state index is 12.6. The minimum absolute atomic E-state index is 0.175. The average Bonchev–Trinajstić information content (AvgIpc) is 3.10. The SMILES string of the molecule is COc1cccc(C2CCCN2C(=O)CSc2ccccc2)c1.